The van der Waals surface area contributed by atoms with Crippen molar-refractivity contribution in [3.63, 3.8) is 0 Å². The topological polar surface area (TPSA) is 39.1 Å². The van der Waals surface area contributed by atoms with Crippen molar-refractivity contribution in [3.8, 4) is 5.75 Å². The van der Waals surface area contributed by atoms with E-state index in [4.69, 9.17) is 4.74 Å². The summed E-state index contributed by atoms with van der Waals surface area (Å²) in [6, 6.07) is 8.37. The van der Waals surface area contributed by atoms with Gasteiger partial charge in [-0.25, -0.2) is 0 Å². The first kappa shape index (κ1) is 15.3. The van der Waals surface area contributed by atoms with Gasteiger partial charge in [-0.2, -0.15) is 5.10 Å². The fourth-order valence-corrected chi connectivity index (χ4v) is 2.13. The highest BCUT2D eigenvalue weighted by atomic mass is 16.5. The van der Waals surface area contributed by atoms with Crippen LogP contribution in [-0.4, -0.2) is 23.4 Å². The van der Waals surface area contributed by atoms with E-state index in [1.807, 2.05) is 36.3 Å². The fourth-order valence-electron chi connectivity index (χ4n) is 2.13. The van der Waals surface area contributed by atoms with E-state index >= 15 is 0 Å². The number of ether oxygens (including phenoxy) is 1. The molecule has 1 heterocycles. The third-order valence-corrected chi connectivity index (χ3v) is 3.44. The Morgan fingerprint density at radius 2 is 2.10 bits per heavy atom. The van der Waals surface area contributed by atoms with E-state index in [1.54, 1.807) is 7.11 Å². The van der Waals surface area contributed by atoms with Gasteiger partial charge in [-0.3, -0.25) is 4.68 Å². The minimum Gasteiger partial charge on any atom is -0.497 e. The molecule has 0 bridgehead atoms. The van der Waals surface area contributed by atoms with E-state index < -0.39 is 0 Å². The van der Waals surface area contributed by atoms with E-state index in [0.717, 1.165) is 12.3 Å². The standard InChI is InChI=1S/C17H23N3O/c1-13(9-15-5-7-17(21-4)8-6-15)10-18-14(2)16-11-19-20(3)12-16/h5-9,11-12,14,18H,10H2,1-4H3/b13-9-. The maximum atomic E-state index is 5.16. The Bertz CT molecular complexity index is 599. The zero-order valence-electron chi connectivity index (χ0n) is 13.1. The van der Waals surface area contributed by atoms with Crippen molar-refractivity contribution in [3.05, 3.63) is 53.4 Å². The van der Waals surface area contributed by atoms with Crippen LogP contribution in [-0.2, 0) is 7.05 Å². The quantitative estimate of drug-likeness (QED) is 0.886. The molecule has 4 nitrogen and oxygen atoms in total. The smallest absolute Gasteiger partial charge is 0.118 e. The molecule has 2 aromatic rings. The molecule has 1 aromatic heterocycles. The van der Waals surface area contributed by atoms with Gasteiger partial charge in [0.25, 0.3) is 0 Å². The first-order valence-electron chi connectivity index (χ1n) is 7.11. The van der Waals surface area contributed by atoms with Gasteiger partial charge in [0, 0.05) is 31.4 Å². The molecule has 4 heteroatoms. The number of benzene rings is 1. The predicted molar refractivity (Wildman–Crippen MR) is 86.3 cm³/mol. The van der Waals surface area contributed by atoms with Crippen LogP contribution in [0.2, 0.25) is 0 Å². The molecule has 0 aliphatic carbocycles. The van der Waals surface area contributed by atoms with Gasteiger partial charge in [0.2, 0.25) is 0 Å². The largest absolute Gasteiger partial charge is 0.497 e. The molecule has 112 valence electrons. The van der Waals surface area contributed by atoms with Crippen LogP contribution in [0.3, 0.4) is 0 Å². The molecule has 0 spiro atoms. The van der Waals surface area contributed by atoms with Crippen LogP contribution in [0, 0.1) is 0 Å². The highest BCUT2D eigenvalue weighted by molar-refractivity contribution is 5.53. The number of methoxy groups -OCH3 is 1. The van der Waals surface area contributed by atoms with Gasteiger partial charge in [0.15, 0.2) is 0 Å². The molecule has 1 aromatic carbocycles. The molecule has 0 aliphatic heterocycles. The Kier molecular flexibility index (Phi) is 5.17. The molecule has 0 radical (unpaired) electrons. The summed E-state index contributed by atoms with van der Waals surface area (Å²) in [4.78, 5) is 0. The summed E-state index contributed by atoms with van der Waals surface area (Å²) >= 11 is 0. The molecule has 1 N–H and O–H groups in total. The van der Waals surface area contributed by atoms with Crippen LogP contribution in [0.15, 0.2) is 42.2 Å². The van der Waals surface area contributed by atoms with Crippen LogP contribution in [0.5, 0.6) is 5.75 Å². The fraction of sp³-hybridized carbons (Fsp3) is 0.353. The summed E-state index contributed by atoms with van der Waals surface area (Å²) in [5.74, 6) is 0.883. The Morgan fingerprint density at radius 3 is 2.67 bits per heavy atom. The zero-order chi connectivity index (χ0) is 15.2. The highest BCUT2D eigenvalue weighted by Gasteiger charge is 2.06. The Hall–Kier alpha value is -2.07. The van der Waals surface area contributed by atoms with Gasteiger partial charge in [-0.15, -0.1) is 0 Å². The summed E-state index contributed by atoms with van der Waals surface area (Å²) in [6.45, 7) is 5.13. The van der Waals surface area contributed by atoms with Crippen molar-refractivity contribution in [2.24, 2.45) is 7.05 Å². The highest BCUT2D eigenvalue weighted by Crippen LogP contribution is 2.15. The molecule has 1 atom stereocenters. The van der Waals surface area contributed by atoms with Gasteiger partial charge >= 0.3 is 0 Å². The lowest BCUT2D eigenvalue weighted by Gasteiger charge is -2.12. The van der Waals surface area contributed by atoms with E-state index in [2.05, 4.69) is 42.5 Å². The molecule has 0 fully saturated rings. The SMILES string of the molecule is COc1ccc(/C=C(/C)CNC(C)c2cnn(C)c2)cc1. The minimum atomic E-state index is 0.290. The zero-order valence-corrected chi connectivity index (χ0v) is 13.1. The Morgan fingerprint density at radius 1 is 1.38 bits per heavy atom. The van der Waals surface area contributed by atoms with E-state index in [1.165, 1.54) is 16.7 Å². The molecule has 0 saturated carbocycles. The molecular weight excluding hydrogens is 262 g/mol. The van der Waals surface area contributed by atoms with Crippen LogP contribution in [0.25, 0.3) is 6.08 Å². The average Bonchev–Trinajstić information content (AvgIpc) is 2.92. The van der Waals surface area contributed by atoms with Gasteiger partial charge in [0.05, 0.1) is 13.3 Å². The molecular formula is C17H23N3O. The second-order valence-electron chi connectivity index (χ2n) is 5.31. The van der Waals surface area contributed by atoms with Crippen molar-refractivity contribution >= 4 is 6.08 Å². The maximum Gasteiger partial charge on any atom is 0.118 e. The first-order valence-corrected chi connectivity index (χ1v) is 7.11. The van der Waals surface area contributed by atoms with Crippen molar-refractivity contribution in [1.29, 1.82) is 0 Å². The average molecular weight is 285 g/mol. The van der Waals surface area contributed by atoms with E-state index in [-0.39, 0.29) is 6.04 Å². The summed E-state index contributed by atoms with van der Waals surface area (Å²) in [7, 11) is 3.62. The number of aromatic nitrogens is 2. The lowest BCUT2D eigenvalue weighted by atomic mass is 10.1. The minimum absolute atomic E-state index is 0.290. The molecule has 0 aliphatic rings. The summed E-state index contributed by atoms with van der Waals surface area (Å²) < 4.78 is 6.99. The van der Waals surface area contributed by atoms with Gasteiger partial charge < -0.3 is 10.1 Å². The summed E-state index contributed by atoms with van der Waals surface area (Å²) in [5.41, 5.74) is 3.68. The summed E-state index contributed by atoms with van der Waals surface area (Å²) in [6.07, 6.45) is 6.13. The molecule has 2 rings (SSSR count). The third-order valence-electron chi connectivity index (χ3n) is 3.44. The van der Waals surface area contributed by atoms with Gasteiger partial charge in [-0.05, 0) is 31.5 Å². The molecule has 1 unspecified atom stereocenters. The Labute approximate surface area is 126 Å². The molecule has 0 amide bonds. The first-order chi connectivity index (χ1) is 10.1. The predicted octanol–water partition coefficient (Wildman–Crippen LogP) is 3.18. The molecule has 21 heavy (non-hydrogen) atoms. The molecule has 0 saturated heterocycles. The van der Waals surface area contributed by atoms with E-state index in [0.29, 0.717) is 0 Å². The van der Waals surface area contributed by atoms with Crippen molar-refractivity contribution in [2.75, 3.05) is 13.7 Å². The van der Waals surface area contributed by atoms with E-state index in [9.17, 15) is 0 Å². The maximum absolute atomic E-state index is 5.16. The van der Waals surface area contributed by atoms with Crippen LogP contribution >= 0.6 is 0 Å². The van der Waals surface area contributed by atoms with Crippen molar-refractivity contribution < 1.29 is 4.74 Å². The van der Waals surface area contributed by atoms with Crippen molar-refractivity contribution in [2.45, 2.75) is 19.9 Å². The van der Waals surface area contributed by atoms with Gasteiger partial charge in [0.1, 0.15) is 5.75 Å². The third kappa shape index (κ3) is 4.46. The second-order valence-corrected chi connectivity index (χ2v) is 5.31. The number of hydrogen-bond donors (Lipinski definition) is 1. The van der Waals surface area contributed by atoms with Crippen LogP contribution in [0.1, 0.15) is 31.0 Å². The normalized spacial score (nSPS) is 13.2. The monoisotopic (exact) mass is 285 g/mol. The Balaban J connectivity index is 1.91. The summed E-state index contributed by atoms with van der Waals surface area (Å²) in [5, 5.41) is 7.71. The number of hydrogen-bond acceptors (Lipinski definition) is 3. The van der Waals surface area contributed by atoms with Crippen LogP contribution in [0.4, 0.5) is 0 Å². The second kappa shape index (κ2) is 7.09. The number of aryl methyl sites for hydroxylation is 1. The lowest BCUT2D eigenvalue weighted by Crippen LogP contribution is -2.20. The van der Waals surface area contributed by atoms with Crippen molar-refractivity contribution in [1.82, 2.24) is 15.1 Å². The number of nitrogens with one attached hydrogen (secondary N) is 1. The number of rotatable bonds is 6. The van der Waals surface area contributed by atoms with Crippen LogP contribution < -0.4 is 10.1 Å². The lowest BCUT2D eigenvalue weighted by molar-refractivity contribution is 0.415. The number of nitrogens with zero attached hydrogens (tertiary/aromatic N) is 2. The van der Waals surface area contributed by atoms with Gasteiger partial charge in [-0.1, -0.05) is 23.8 Å².